The fraction of sp³-hybridized carbons (Fsp3) is 1.00. The first-order valence-electron chi connectivity index (χ1n) is 2.78. The Morgan fingerprint density at radius 3 is 2.00 bits per heavy atom. The van der Waals surface area contributed by atoms with Gasteiger partial charge in [0.15, 0.2) is 0 Å². The number of nitrogens with two attached hydrogens (primary N) is 2. The first-order valence-corrected chi connectivity index (χ1v) is 4.33. The molecule has 0 amide bonds. The summed E-state index contributed by atoms with van der Waals surface area (Å²) in [6.45, 7) is 3.51. The predicted molar refractivity (Wildman–Crippen MR) is 39.4 cm³/mol. The predicted octanol–water partition coefficient (Wildman–Crippen LogP) is -1.48. The molecule has 0 radical (unpaired) electrons. The Morgan fingerprint density at radius 2 is 1.90 bits per heavy atom. The molecule has 0 spiro atoms. The molecule has 5 nitrogen and oxygen atoms in total. The van der Waals surface area contributed by atoms with Crippen LogP contribution < -0.4 is 15.6 Å². The zero-order valence-electron chi connectivity index (χ0n) is 6.09. The fourth-order valence-electron chi connectivity index (χ4n) is 0.427. The standard InChI is InChI=1S/C4H13N3O2S/c1-4(2,3-5)7-10(6,8)9/h7H,3,5H2,1-2H3,(H2,6,8,9). The van der Waals surface area contributed by atoms with Crippen molar-refractivity contribution in [3.63, 3.8) is 0 Å². The van der Waals surface area contributed by atoms with Gasteiger partial charge in [0.25, 0.3) is 10.2 Å². The Kier molecular flexibility index (Phi) is 2.78. The van der Waals surface area contributed by atoms with Crippen molar-refractivity contribution < 1.29 is 8.42 Å². The van der Waals surface area contributed by atoms with Crippen LogP contribution in [0.5, 0.6) is 0 Å². The molecule has 62 valence electrons. The largest absolute Gasteiger partial charge is 0.329 e. The first kappa shape index (κ1) is 9.83. The van der Waals surface area contributed by atoms with Gasteiger partial charge < -0.3 is 5.73 Å². The molecule has 0 unspecified atom stereocenters. The highest BCUT2D eigenvalue weighted by molar-refractivity contribution is 7.87. The molecule has 0 aromatic rings. The average Bonchev–Trinajstić information content (AvgIpc) is 1.60. The molecule has 10 heavy (non-hydrogen) atoms. The molecule has 0 atom stereocenters. The molecule has 0 saturated heterocycles. The molecule has 0 rings (SSSR count). The zero-order valence-corrected chi connectivity index (χ0v) is 6.90. The average molecular weight is 167 g/mol. The van der Waals surface area contributed by atoms with E-state index in [-0.39, 0.29) is 6.54 Å². The molecule has 0 saturated carbocycles. The van der Waals surface area contributed by atoms with E-state index in [1.54, 1.807) is 13.8 Å². The van der Waals surface area contributed by atoms with Crippen molar-refractivity contribution in [1.82, 2.24) is 4.72 Å². The highest BCUT2D eigenvalue weighted by Crippen LogP contribution is 1.98. The second-order valence-corrected chi connectivity index (χ2v) is 4.03. The normalized spacial score (nSPS) is 13.6. The quantitative estimate of drug-likeness (QED) is 0.478. The van der Waals surface area contributed by atoms with E-state index in [1.165, 1.54) is 0 Å². The maximum Gasteiger partial charge on any atom is 0.274 e. The summed E-state index contributed by atoms with van der Waals surface area (Å²) in [7, 11) is -3.62. The van der Waals surface area contributed by atoms with Crippen LogP contribution in [-0.2, 0) is 10.2 Å². The molecule has 0 bridgehead atoms. The second kappa shape index (κ2) is 2.83. The Bertz CT molecular complexity index is 197. The van der Waals surface area contributed by atoms with Gasteiger partial charge in [-0.15, -0.1) is 0 Å². The van der Waals surface area contributed by atoms with Gasteiger partial charge in [-0.3, -0.25) is 0 Å². The summed E-state index contributed by atoms with van der Waals surface area (Å²) in [4.78, 5) is 0. The van der Waals surface area contributed by atoms with Gasteiger partial charge in [0.2, 0.25) is 0 Å². The second-order valence-electron chi connectivity index (χ2n) is 2.74. The van der Waals surface area contributed by atoms with E-state index in [0.29, 0.717) is 0 Å². The zero-order chi connectivity index (χ0) is 8.41. The van der Waals surface area contributed by atoms with Crippen molar-refractivity contribution in [2.45, 2.75) is 19.4 Å². The molecule has 0 aromatic heterocycles. The SMILES string of the molecule is CC(C)(CN)NS(N)(=O)=O. The van der Waals surface area contributed by atoms with Crippen molar-refractivity contribution in [2.75, 3.05) is 6.54 Å². The molecule has 0 fully saturated rings. The van der Waals surface area contributed by atoms with E-state index in [9.17, 15) is 8.42 Å². The smallest absolute Gasteiger partial charge is 0.274 e. The van der Waals surface area contributed by atoms with Crippen molar-refractivity contribution in [2.24, 2.45) is 10.9 Å². The summed E-state index contributed by atoms with van der Waals surface area (Å²) in [5.74, 6) is 0. The summed E-state index contributed by atoms with van der Waals surface area (Å²) in [6.07, 6.45) is 0. The highest BCUT2D eigenvalue weighted by Gasteiger charge is 2.19. The third kappa shape index (κ3) is 4.68. The van der Waals surface area contributed by atoms with Gasteiger partial charge in [-0.1, -0.05) is 0 Å². The van der Waals surface area contributed by atoms with Crippen molar-refractivity contribution in [1.29, 1.82) is 0 Å². The molecule has 0 aliphatic carbocycles. The van der Waals surface area contributed by atoms with Crippen LogP contribution in [0.15, 0.2) is 0 Å². The minimum atomic E-state index is -3.62. The van der Waals surface area contributed by atoms with Gasteiger partial charge in [-0.2, -0.15) is 13.1 Å². The van der Waals surface area contributed by atoms with Gasteiger partial charge in [-0.05, 0) is 13.8 Å². The lowest BCUT2D eigenvalue weighted by atomic mass is 10.1. The lowest BCUT2D eigenvalue weighted by Crippen LogP contribution is -2.51. The Hall–Kier alpha value is -0.170. The van der Waals surface area contributed by atoms with Gasteiger partial charge in [-0.25, -0.2) is 5.14 Å². The third-order valence-electron chi connectivity index (χ3n) is 0.929. The van der Waals surface area contributed by atoms with Gasteiger partial charge in [0, 0.05) is 12.1 Å². The van der Waals surface area contributed by atoms with E-state index in [4.69, 9.17) is 10.9 Å². The lowest BCUT2D eigenvalue weighted by molar-refractivity contribution is 0.463. The summed E-state index contributed by atoms with van der Waals surface area (Å²) in [6, 6.07) is 0. The minimum absolute atomic E-state index is 0.212. The van der Waals surface area contributed by atoms with E-state index in [2.05, 4.69) is 4.72 Å². The van der Waals surface area contributed by atoms with E-state index >= 15 is 0 Å². The fourth-order valence-corrected chi connectivity index (χ4v) is 1.28. The Morgan fingerprint density at radius 1 is 1.50 bits per heavy atom. The number of rotatable bonds is 3. The van der Waals surface area contributed by atoms with Crippen LogP contribution in [0, 0.1) is 0 Å². The summed E-state index contributed by atoms with van der Waals surface area (Å²) in [5.41, 5.74) is 4.57. The van der Waals surface area contributed by atoms with Crippen LogP contribution in [0.2, 0.25) is 0 Å². The van der Waals surface area contributed by atoms with Crippen LogP contribution in [0.3, 0.4) is 0 Å². The van der Waals surface area contributed by atoms with E-state index < -0.39 is 15.7 Å². The minimum Gasteiger partial charge on any atom is -0.329 e. The Balaban J connectivity index is 4.16. The molecular weight excluding hydrogens is 154 g/mol. The van der Waals surface area contributed by atoms with Crippen LogP contribution in [0.1, 0.15) is 13.8 Å². The maximum absolute atomic E-state index is 10.4. The molecule has 6 heteroatoms. The maximum atomic E-state index is 10.4. The van der Waals surface area contributed by atoms with E-state index in [1.807, 2.05) is 0 Å². The van der Waals surface area contributed by atoms with Gasteiger partial charge >= 0.3 is 0 Å². The topological polar surface area (TPSA) is 98.2 Å². The molecule has 0 aliphatic rings. The molecule has 0 heterocycles. The monoisotopic (exact) mass is 167 g/mol. The summed E-state index contributed by atoms with van der Waals surface area (Å²) >= 11 is 0. The number of nitrogens with one attached hydrogen (secondary N) is 1. The van der Waals surface area contributed by atoms with Crippen LogP contribution in [0.4, 0.5) is 0 Å². The summed E-state index contributed by atoms with van der Waals surface area (Å²) in [5, 5.41) is 4.70. The van der Waals surface area contributed by atoms with Gasteiger partial charge in [0.1, 0.15) is 0 Å². The lowest BCUT2D eigenvalue weighted by Gasteiger charge is -2.21. The highest BCUT2D eigenvalue weighted by atomic mass is 32.2. The van der Waals surface area contributed by atoms with Crippen molar-refractivity contribution >= 4 is 10.2 Å². The van der Waals surface area contributed by atoms with Crippen LogP contribution in [-0.4, -0.2) is 20.5 Å². The number of hydrogen-bond donors (Lipinski definition) is 3. The van der Waals surface area contributed by atoms with Crippen molar-refractivity contribution in [3.05, 3.63) is 0 Å². The third-order valence-corrected chi connectivity index (χ3v) is 1.77. The van der Waals surface area contributed by atoms with Gasteiger partial charge in [0.05, 0.1) is 0 Å². The molecule has 5 N–H and O–H groups in total. The van der Waals surface area contributed by atoms with E-state index in [0.717, 1.165) is 0 Å². The van der Waals surface area contributed by atoms with Crippen LogP contribution in [0.25, 0.3) is 0 Å². The molecule has 0 aliphatic heterocycles. The molecule has 0 aromatic carbocycles. The van der Waals surface area contributed by atoms with Crippen LogP contribution >= 0.6 is 0 Å². The Labute approximate surface area is 61.0 Å². The molecular formula is C4H13N3O2S. The van der Waals surface area contributed by atoms with Crippen molar-refractivity contribution in [3.8, 4) is 0 Å². The number of hydrogen-bond acceptors (Lipinski definition) is 3. The summed E-state index contributed by atoms with van der Waals surface area (Å²) < 4.78 is 23.0. The first-order chi connectivity index (χ1) is 4.27.